The standard InChI is InChI=1S/C45H30O/c1-44(30-14-3-2-4-15-30)36-21-8-5-18-34(36)35-20-13-19-31(43(35)44)29-26-27-40-42(28-29)46-41-25-12-11-24-39(41)45(40)37-22-9-6-16-32(37)33-17-7-10-23-38(33)45/h2-28H,1H3. The van der Waals surface area contributed by atoms with Crippen LogP contribution in [0.3, 0.4) is 0 Å². The van der Waals surface area contributed by atoms with E-state index in [9.17, 15) is 0 Å². The Morgan fingerprint density at radius 2 is 0.913 bits per heavy atom. The molecule has 7 aromatic rings. The van der Waals surface area contributed by atoms with Crippen molar-refractivity contribution < 1.29 is 4.74 Å². The SMILES string of the molecule is CC1(c2ccccc2)c2ccccc2-c2cccc(-c3ccc4c(c3)Oc3ccccc3C43c4ccccc4-c4ccccc43)c21. The quantitative estimate of drug-likeness (QED) is 0.196. The molecule has 1 nitrogen and oxygen atoms in total. The molecular weight excluding hydrogens is 556 g/mol. The molecule has 0 amide bonds. The maximum absolute atomic E-state index is 6.87. The molecule has 0 saturated carbocycles. The zero-order valence-electron chi connectivity index (χ0n) is 25.5. The number of hydrogen-bond acceptors (Lipinski definition) is 1. The van der Waals surface area contributed by atoms with Crippen LogP contribution in [0.1, 0.15) is 45.9 Å². The number of hydrogen-bond donors (Lipinski definition) is 0. The summed E-state index contributed by atoms with van der Waals surface area (Å²) in [6.07, 6.45) is 0. The molecule has 46 heavy (non-hydrogen) atoms. The van der Waals surface area contributed by atoms with Crippen LogP contribution in [0.15, 0.2) is 164 Å². The van der Waals surface area contributed by atoms with E-state index in [4.69, 9.17) is 4.74 Å². The third-order valence-corrected chi connectivity index (χ3v) is 10.8. The van der Waals surface area contributed by atoms with E-state index in [-0.39, 0.29) is 5.41 Å². The van der Waals surface area contributed by atoms with E-state index < -0.39 is 5.41 Å². The normalized spacial score (nSPS) is 17.2. The van der Waals surface area contributed by atoms with Crippen LogP contribution in [0.25, 0.3) is 33.4 Å². The molecule has 0 fully saturated rings. The Bertz CT molecular complexity index is 2320. The van der Waals surface area contributed by atoms with Gasteiger partial charge in [0.25, 0.3) is 0 Å². The Balaban J connectivity index is 1.24. The molecular formula is C45H30O. The maximum atomic E-state index is 6.87. The molecule has 216 valence electrons. The molecule has 3 aliphatic rings. The molecule has 1 heterocycles. The van der Waals surface area contributed by atoms with Crippen LogP contribution in [-0.4, -0.2) is 0 Å². The molecule has 0 radical (unpaired) electrons. The highest BCUT2D eigenvalue weighted by Gasteiger charge is 2.51. The minimum Gasteiger partial charge on any atom is -0.457 e. The van der Waals surface area contributed by atoms with Gasteiger partial charge in [-0.15, -0.1) is 0 Å². The smallest absolute Gasteiger partial charge is 0.132 e. The van der Waals surface area contributed by atoms with Crippen LogP contribution < -0.4 is 4.74 Å². The van der Waals surface area contributed by atoms with Gasteiger partial charge in [-0.05, 0) is 80.3 Å². The van der Waals surface area contributed by atoms with Gasteiger partial charge < -0.3 is 4.74 Å². The summed E-state index contributed by atoms with van der Waals surface area (Å²) in [6.45, 7) is 2.39. The number of fused-ring (bicyclic) bond motifs is 12. The molecule has 7 aromatic carbocycles. The minimum absolute atomic E-state index is 0.294. The summed E-state index contributed by atoms with van der Waals surface area (Å²) in [5, 5.41) is 0. The molecule has 1 unspecified atom stereocenters. The lowest BCUT2D eigenvalue weighted by molar-refractivity contribution is 0.436. The predicted molar refractivity (Wildman–Crippen MR) is 187 cm³/mol. The van der Waals surface area contributed by atoms with Crippen LogP contribution in [0.4, 0.5) is 0 Å². The van der Waals surface area contributed by atoms with E-state index in [0.717, 1.165) is 11.5 Å². The van der Waals surface area contributed by atoms with Crippen molar-refractivity contribution in [2.24, 2.45) is 0 Å². The molecule has 1 heteroatoms. The first-order valence-corrected chi connectivity index (χ1v) is 16.1. The van der Waals surface area contributed by atoms with Crippen molar-refractivity contribution in [2.75, 3.05) is 0 Å². The molecule has 2 aliphatic carbocycles. The first kappa shape index (κ1) is 25.6. The van der Waals surface area contributed by atoms with Crippen LogP contribution >= 0.6 is 0 Å². The first-order chi connectivity index (χ1) is 22.7. The Morgan fingerprint density at radius 1 is 0.391 bits per heavy atom. The summed E-state index contributed by atoms with van der Waals surface area (Å²) in [4.78, 5) is 0. The van der Waals surface area contributed by atoms with Gasteiger partial charge in [0.15, 0.2) is 0 Å². The topological polar surface area (TPSA) is 9.23 Å². The molecule has 1 spiro atoms. The highest BCUT2D eigenvalue weighted by Crippen LogP contribution is 2.63. The maximum Gasteiger partial charge on any atom is 0.132 e. The van der Waals surface area contributed by atoms with Crippen molar-refractivity contribution in [3.05, 3.63) is 203 Å². The summed E-state index contributed by atoms with van der Waals surface area (Å²) in [7, 11) is 0. The largest absolute Gasteiger partial charge is 0.457 e. The highest BCUT2D eigenvalue weighted by atomic mass is 16.5. The van der Waals surface area contributed by atoms with Crippen molar-refractivity contribution in [3.8, 4) is 44.9 Å². The fourth-order valence-corrected chi connectivity index (χ4v) is 8.94. The average molecular weight is 587 g/mol. The second-order valence-electron chi connectivity index (χ2n) is 12.9. The van der Waals surface area contributed by atoms with Gasteiger partial charge in [-0.1, -0.05) is 152 Å². The van der Waals surface area contributed by atoms with Crippen molar-refractivity contribution in [2.45, 2.75) is 17.8 Å². The minimum atomic E-state index is -0.455. The summed E-state index contributed by atoms with van der Waals surface area (Å²) >= 11 is 0. The van der Waals surface area contributed by atoms with Gasteiger partial charge in [0.2, 0.25) is 0 Å². The fraction of sp³-hybridized carbons (Fsp3) is 0.0667. The zero-order valence-corrected chi connectivity index (χ0v) is 25.5. The van der Waals surface area contributed by atoms with E-state index in [1.165, 1.54) is 72.3 Å². The first-order valence-electron chi connectivity index (χ1n) is 16.1. The van der Waals surface area contributed by atoms with E-state index in [1.807, 2.05) is 0 Å². The van der Waals surface area contributed by atoms with Crippen molar-refractivity contribution in [3.63, 3.8) is 0 Å². The highest BCUT2D eigenvalue weighted by molar-refractivity contribution is 5.92. The van der Waals surface area contributed by atoms with Gasteiger partial charge in [-0.25, -0.2) is 0 Å². The lowest BCUT2D eigenvalue weighted by atomic mass is 9.66. The summed E-state index contributed by atoms with van der Waals surface area (Å²) in [5.41, 5.74) is 15.9. The number of benzene rings is 7. The van der Waals surface area contributed by atoms with E-state index in [0.29, 0.717) is 0 Å². The molecule has 1 aliphatic heterocycles. The van der Waals surface area contributed by atoms with Crippen LogP contribution in [-0.2, 0) is 10.8 Å². The van der Waals surface area contributed by atoms with Crippen LogP contribution in [0, 0.1) is 0 Å². The lowest BCUT2D eigenvalue weighted by Crippen LogP contribution is -2.32. The van der Waals surface area contributed by atoms with Gasteiger partial charge in [-0.2, -0.15) is 0 Å². The van der Waals surface area contributed by atoms with Gasteiger partial charge >= 0.3 is 0 Å². The molecule has 0 bridgehead atoms. The van der Waals surface area contributed by atoms with Gasteiger partial charge in [-0.3, -0.25) is 0 Å². The molecule has 0 aromatic heterocycles. The summed E-state index contributed by atoms with van der Waals surface area (Å²) < 4.78 is 6.87. The molecule has 10 rings (SSSR count). The van der Waals surface area contributed by atoms with Gasteiger partial charge in [0.1, 0.15) is 11.5 Å². The Kier molecular flexibility index (Phi) is 5.12. The van der Waals surface area contributed by atoms with Crippen molar-refractivity contribution in [1.29, 1.82) is 0 Å². The monoisotopic (exact) mass is 586 g/mol. The summed E-state index contributed by atoms with van der Waals surface area (Å²) in [6, 6.07) is 60.0. The third kappa shape index (κ3) is 3.10. The van der Waals surface area contributed by atoms with Crippen LogP contribution in [0.5, 0.6) is 11.5 Å². The van der Waals surface area contributed by atoms with Crippen LogP contribution in [0.2, 0.25) is 0 Å². The molecule has 0 N–H and O–H groups in total. The third-order valence-electron chi connectivity index (χ3n) is 10.8. The molecule has 1 atom stereocenters. The Morgan fingerprint density at radius 3 is 1.63 bits per heavy atom. The number of rotatable bonds is 2. The van der Waals surface area contributed by atoms with E-state index in [2.05, 4.69) is 171 Å². The van der Waals surface area contributed by atoms with Gasteiger partial charge in [0.05, 0.1) is 5.41 Å². The van der Waals surface area contributed by atoms with E-state index in [1.54, 1.807) is 0 Å². The number of para-hydroxylation sites is 1. The van der Waals surface area contributed by atoms with E-state index >= 15 is 0 Å². The zero-order chi connectivity index (χ0) is 30.5. The van der Waals surface area contributed by atoms with Crippen molar-refractivity contribution >= 4 is 0 Å². The molecule has 0 saturated heterocycles. The second-order valence-corrected chi connectivity index (χ2v) is 12.9. The van der Waals surface area contributed by atoms with Crippen molar-refractivity contribution in [1.82, 2.24) is 0 Å². The Labute approximate surface area is 269 Å². The Hall–Kier alpha value is -5.66. The predicted octanol–water partition coefficient (Wildman–Crippen LogP) is 11.2. The average Bonchev–Trinajstić information content (AvgIpc) is 3.57. The lowest BCUT2D eigenvalue weighted by Gasteiger charge is -2.39. The number of ether oxygens (including phenoxy) is 1. The summed E-state index contributed by atoms with van der Waals surface area (Å²) in [5.74, 6) is 1.83. The fourth-order valence-electron chi connectivity index (χ4n) is 8.94. The van der Waals surface area contributed by atoms with Gasteiger partial charge in [0, 0.05) is 16.5 Å². The second kappa shape index (κ2) is 9.19.